The van der Waals surface area contributed by atoms with Crippen LogP contribution in [-0.2, 0) is 6.54 Å². The summed E-state index contributed by atoms with van der Waals surface area (Å²) in [5.41, 5.74) is 0. The summed E-state index contributed by atoms with van der Waals surface area (Å²) in [6.45, 7) is 0.616. The molecule has 2 unspecified atom stereocenters. The molecule has 0 aromatic carbocycles. The Kier molecular flexibility index (Phi) is 4.67. The first-order chi connectivity index (χ1) is 8.33. The lowest BCUT2D eigenvalue weighted by Crippen LogP contribution is -2.34. The van der Waals surface area contributed by atoms with Gasteiger partial charge in [0.25, 0.3) is 0 Å². The zero-order valence-corrected chi connectivity index (χ0v) is 11.2. The molecule has 96 valence electrons. The smallest absolute Gasteiger partial charge is 0.315 e. The molecule has 1 aliphatic rings. The van der Waals surface area contributed by atoms with Gasteiger partial charge < -0.3 is 15.1 Å². The maximum Gasteiger partial charge on any atom is 0.315 e. The number of aromatic nitrogens is 2. The topological polar surface area (TPSA) is 63.0 Å². The van der Waals surface area contributed by atoms with E-state index in [9.17, 15) is 0 Å². The van der Waals surface area contributed by atoms with E-state index in [4.69, 9.17) is 4.42 Å². The largest absolute Gasteiger partial charge is 0.407 e. The van der Waals surface area contributed by atoms with Crippen LogP contribution < -0.4 is 10.6 Å². The van der Waals surface area contributed by atoms with E-state index < -0.39 is 0 Å². The van der Waals surface area contributed by atoms with E-state index in [2.05, 4.69) is 27.1 Å². The van der Waals surface area contributed by atoms with Crippen molar-refractivity contribution >= 4 is 17.8 Å². The lowest BCUT2D eigenvalue weighted by atomic mass is 9.95. The van der Waals surface area contributed by atoms with Gasteiger partial charge in [0.05, 0.1) is 6.54 Å². The molecule has 1 saturated carbocycles. The van der Waals surface area contributed by atoms with E-state index >= 15 is 0 Å². The van der Waals surface area contributed by atoms with Crippen molar-refractivity contribution in [3.63, 3.8) is 0 Å². The molecule has 0 saturated heterocycles. The summed E-state index contributed by atoms with van der Waals surface area (Å²) in [6.07, 6.45) is 7.25. The van der Waals surface area contributed by atoms with Gasteiger partial charge in [0, 0.05) is 11.3 Å². The fraction of sp³-hybridized carbons (Fsp3) is 0.818. The molecule has 5 nitrogen and oxygen atoms in total. The predicted molar refractivity (Wildman–Crippen MR) is 70.2 cm³/mol. The lowest BCUT2D eigenvalue weighted by Gasteiger charge is -2.30. The Labute approximate surface area is 106 Å². The number of hydrogen-bond donors (Lipinski definition) is 2. The van der Waals surface area contributed by atoms with Gasteiger partial charge in [-0.15, -0.1) is 5.10 Å². The summed E-state index contributed by atoms with van der Waals surface area (Å²) < 4.78 is 5.51. The molecule has 1 aromatic heterocycles. The first-order valence-electron chi connectivity index (χ1n) is 6.10. The van der Waals surface area contributed by atoms with Crippen LogP contribution in [0.25, 0.3) is 0 Å². The molecule has 2 N–H and O–H groups in total. The van der Waals surface area contributed by atoms with Crippen LogP contribution in [0, 0.1) is 0 Å². The highest BCUT2D eigenvalue weighted by Gasteiger charge is 2.25. The molecule has 1 aliphatic carbocycles. The minimum absolute atomic E-state index is 0.460. The molecule has 2 atom stereocenters. The molecule has 17 heavy (non-hydrogen) atoms. The fourth-order valence-electron chi connectivity index (χ4n) is 2.24. The molecule has 2 rings (SSSR count). The van der Waals surface area contributed by atoms with Crippen LogP contribution in [0.5, 0.6) is 0 Å². The first kappa shape index (κ1) is 12.7. The number of anilines is 1. The van der Waals surface area contributed by atoms with Crippen LogP contribution in [0.1, 0.15) is 31.6 Å². The minimum Gasteiger partial charge on any atom is -0.407 e. The Morgan fingerprint density at radius 1 is 1.35 bits per heavy atom. The van der Waals surface area contributed by atoms with E-state index in [0.717, 1.165) is 0 Å². The third-order valence-electron chi connectivity index (χ3n) is 3.11. The summed E-state index contributed by atoms with van der Waals surface area (Å²) in [7, 11) is 1.86. The zero-order valence-electron chi connectivity index (χ0n) is 10.4. The molecule has 0 radical (unpaired) electrons. The third-order valence-corrected chi connectivity index (χ3v) is 4.28. The van der Waals surface area contributed by atoms with Crippen molar-refractivity contribution in [1.29, 1.82) is 0 Å². The monoisotopic (exact) mass is 256 g/mol. The van der Waals surface area contributed by atoms with Crippen LogP contribution in [0.3, 0.4) is 0 Å². The average Bonchev–Trinajstić information content (AvgIpc) is 2.78. The molecular formula is C11H20N4OS. The molecular weight excluding hydrogens is 236 g/mol. The third kappa shape index (κ3) is 3.35. The second kappa shape index (κ2) is 6.26. The number of thioether (sulfide) groups is 1. The molecule has 0 spiro atoms. The normalized spacial score (nSPS) is 24.8. The van der Waals surface area contributed by atoms with Gasteiger partial charge in [-0.3, -0.25) is 0 Å². The van der Waals surface area contributed by atoms with E-state index in [-0.39, 0.29) is 0 Å². The summed E-state index contributed by atoms with van der Waals surface area (Å²) in [4.78, 5) is 0. The van der Waals surface area contributed by atoms with Crippen LogP contribution >= 0.6 is 11.8 Å². The second-order valence-corrected chi connectivity index (χ2v) is 5.42. The maximum atomic E-state index is 5.51. The zero-order chi connectivity index (χ0) is 12.1. The van der Waals surface area contributed by atoms with Crippen LogP contribution in [-0.4, -0.2) is 34.8 Å². The Balaban J connectivity index is 1.93. The summed E-state index contributed by atoms with van der Waals surface area (Å²) in [5, 5.41) is 15.0. The van der Waals surface area contributed by atoms with Crippen molar-refractivity contribution in [2.24, 2.45) is 0 Å². The van der Waals surface area contributed by atoms with Gasteiger partial charge in [-0.1, -0.05) is 17.9 Å². The van der Waals surface area contributed by atoms with Crippen LogP contribution in [0.2, 0.25) is 0 Å². The number of rotatable bonds is 5. The average molecular weight is 256 g/mol. The Morgan fingerprint density at radius 2 is 2.18 bits per heavy atom. The molecule has 0 amide bonds. The SMILES string of the molecule is CNCc1nnc(NC2CCCCC2SC)o1. The highest BCUT2D eigenvalue weighted by atomic mass is 32.2. The Bertz CT molecular complexity index is 344. The standard InChI is InChI=1S/C11H20N4OS/c1-12-7-10-14-15-11(16-10)13-8-5-3-4-6-9(8)17-2/h8-9,12H,3-7H2,1-2H3,(H,13,15). The molecule has 0 aliphatic heterocycles. The van der Waals surface area contributed by atoms with E-state index in [1.54, 1.807) is 0 Å². The molecule has 6 heteroatoms. The van der Waals surface area contributed by atoms with Crippen molar-refractivity contribution in [3.8, 4) is 0 Å². The molecule has 1 fully saturated rings. The number of hydrogen-bond acceptors (Lipinski definition) is 6. The van der Waals surface area contributed by atoms with Gasteiger partial charge in [-0.2, -0.15) is 11.8 Å². The highest BCUT2D eigenvalue weighted by Crippen LogP contribution is 2.29. The maximum absolute atomic E-state index is 5.51. The van der Waals surface area contributed by atoms with Crippen LogP contribution in [0.15, 0.2) is 4.42 Å². The minimum atomic E-state index is 0.460. The summed E-state index contributed by atoms with van der Waals surface area (Å²) in [5.74, 6) is 0.631. The number of nitrogens with one attached hydrogen (secondary N) is 2. The van der Waals surface area contributed by atoms with Gasteiger partial charge >= 0.3 is 6.01 Å². The van der Waals surface area contributed by atoms with E-state index in [1.807, 2.05) is 18.8 Å². The van der Waals surface area contributed by atoms with Crippen LogP contribution in [0.4, 0.5) is 6.01 Å². The van der Waals surface area contributed by atoms with Crippen molar-refractivity contribution in [1.82, 2.24) is 15.5 Å². The lowest BCUT2D eigenvalue weighted by molar-refractivity contribution is 0.446. The van der Waals surface area contributed by atoms with Gasteiger partial charge in [-0.05, 0) is 26.1 Å². The molecule has 0 bridgehead atoms. The predicted octanol–water partition coefficient (Wildman–Crippen LogP) is 1.88. The Morgan fingerprint density at radius 3 is 2.94 bits per heavy atom. The summed E-state index contributed by atoms with van der Waals surface area (Å²) >= 11 is 1.93. The van der Waals surface area contributed by atoms with Gasteiger partial charge in [0.1, 0.15) is 0 Å². The fourth-order valence-corrected chi connectivity index (χ4v) is 3.17. The quantitative estimate of drug-likeness (QED) is 0.838. The van der Waals surface area contributed by atoms with Gasteiger partial charge in [0.2, 0.25) is 5.89 Å². The van der Waals surface area contributed by atoms with Crippen molar-refractivity contribution in [2.45, 2.75) is 43.5 Å². The Hall–Kier alpha value is -0.750. The number of nitrogens with zero attached hydrogens (tertiary/aromatic N) is 2. The van der Waals surface area contributed by atoms with Gasteiger partial charge in [0.15, 0.2) is 0 Å². The first-order valence-corrected chi connectivity index (χ1v) is 7.38. The summed E-state index contributed by atoms with van der Waals surface area (Å²) in [6, 6.07) is 1.02. The highest BCUT2D eigenvalue weighted by molar-refractivity contribution is 7.99. The van der Waals surface area contributed by atoms with E-state index in [0.29, 0.717) is 29.7 Å². The molecule has 1 aromatic rings. The van der Waals surface area contributed by atoms with Gasteiger partial charge in [-0.25, -0.2) is 0 Å². The van der Waals surface area contributed by atoms with E-state index in [1.165, 1.54) is 25.7 Å². The second-order valence-electron chi connectivity index (χ2n) is 4.34. The van der Waals surface area contributed by atoms with Crippen molar-refractivity contribution in [3.05, 3.63) is 5.89 Å². The van der Waals surface area contributed by atoms with Crippen molar-refractivity contribution in [2.75, 3.05) is 18.6 Å². The van der Waals surface area contributed by atoms with Crippen molar-refractivity contribution < 1.29 is 4.42 Å². The molecule has 1 heterocycles.